The van der Waals surface area contributed by atoms with E-state index < -0.39 is 10.0 Å². The van der Waals surface area contributed by atoms with E-state index in [1.54, 1.807) is 36.4 Å². The first kappa shape index (κ1) is 23.7. The predicted molar refractivity (Wildman–Crippen MR) is 123 cm³/mol. The smallest absolute Gasteiger partial charge is 0.338 e. The molecule has 3 rings (SSSR count). The summed E-state index contributed by atoms with van der Waals surface area (Å²) in [6, 6.07) is 12.9. The fourth-order valence-corrected chi connectivity index (χ4v) is 4.87. The molecule has 1 heterocycles. The molecule has 1 saturated heterocycles. The number of hydrogen-bond acceptors (Lipinski definition) is 6. The molecule has 1 amide bonds. The highest BCUT2D eigenvalue weighted by atomic mass is 32.2. The molecule has 2 aromatic rings. The Morgan fingerprint density at radius 3 is 2.19 bits per heavy atom. The third-order valence-corrected chi connectivity index (χ3v) is 7.01. The molecule has 0 aromatic heterocycles. The Kier molecular flexibility index (Phi) is 8.24. The van der Waals surface area contributed by atoms with Crippen LogP contribution in [0.1, 0.15) is 43.0 Å². The van der Waals surface area contributed by atoms with E-state index in [9.17, 15) is 18.0 Å². The fourth-order valence-electron chi connectivity index (χ4n) is 3.35. The van der Waals surface area contributed by atoms with Crippen LogP contribution < -0.4 is 10.6 Å². The minimum atomic E-state index is -3.49. The van der Waals surface area contributed by atoms with Gasteiger partial charge in [-0.1, -0.05) is 13.3 Å². The van der Waals surface area contributed by atoms with Crippen LogP contribution in [-0.4, -0.2) is 50.8 Å². The van der Waals surface area contributed by atoms with Crippen molar-refractivity contribution in [3.63, 3.8) is 0 Å². The zero-order valence-corrected chi connectivity index (χ0v) is 19.0. The number of benzene rings is 2. The SMILES string of the molecule is CCCOC(=O)c1ccc(NCC(=O)Nc2ccc(S(=O)(=O)N3CCCCC3)cc2)cc1. The number of piperidine rings is 1. The number of sulfonamides is 1. The first-order valence-corrected chi connectivity index (χ1v) is 12.3. The van der Waals surface area contributed by atoms with Crippen LogP contribution >= 0.6 is 0 Å². The molecule has 0 spiro atoms. The van der Waals surface area contributed by atoms with Gasteiger partial charge >= 0.3 is 5.97 Å². The van der Waals surface area contributed by atoms with Crippen LogP contribution in [0.3, 0.4) is 0 Å². The van der Waals surface area contributed by atoms with Crippen molar-refractivity contribution < 1.29 is 22.7 Å². The van der Waals surface area contributed by atoms with E-state index in [1.807, 2.05) is 6.92 Å². The summed E-state index contributed by atoms with van der Waals surface area (Å²) in [5, 5.41) is 5.73. The van der Waals surface area contributed by atoms with Crippen molar-refractivity contribution in [1.82, 2.24) is 4.31 Å². The van der Waals surface area contributed by atoms with Gasteiger partial charge in [0.2, 0.25) is 15.9 Å². The first-order chi connectivity index (χ1) is 15.4. The Morgan fingerprint density at radius 2 is 1.56 bits per heavy atom. The second-order valence-electron chi connectivity index (χ2n) is 7.60. The van der Waals surface area contributed by atoms with Gasteiger partial charge in [-0.05, 0) is 67.8 Å². The van der Waals surface area contributed by atoms with Crippen LogP contribution in [0, 0.1) is 0 Å². The molecule has 0 aliphatic carbocycles. The molecule has 0 atom stereocenters. The predicted octanol–water partition coefficient (Wildman–Crippen LogP) is 3.48. The molecule has 2 N–H and O–H groups in total. The molecule has 9 heteroatoms. The maximum atomic E-state index is 12.7. The van der Waals surface area contributed by atoms with Crippen LogP contribution in [0.5, 0.6) is 0 Å². The molecule has 1 aliphatic heterocycles. The molecule has 8 nitrogen and oxygen atoms in total. The van der Waals surface area contributed by atoms with Crippen molar-refractivity contribution in [2.75, 3.05) is 36.9 Å². The summed E-state index contributed by atoms with van der Waals surface area (Å²) in [4.78, 5) is 24.3. The summed E-state index contributed by atoms with van der Waals surface area (Å²) in [5.41, 5.74) is 1.66. The van der Waals surface area contributed by atoms with Crippen molar-refractivity contribution in [2.45, 2.75) is 37.5 Å². The van der Waals surface area contributed by atoms with Crippen LogP contribution in [0.15, 0.2) is 53.4 Å². The van der Waals surface area contributed by atoms with Crippen LogP contribution in [0.2, 0.25) is 0 Å². The Labute approximate surface area is 189 Å². The molecule has 0 bridgehead atoms. The standard InChI is InChI=1S/C23H29N3O5S/c1-2-16-31-23(28)18-6-8-19(9-7-18)24-17-22(27)25-20-10-12-21(13-11-20)32(29,30)26-14-4-3-5-15-26/h6-13,24H,2-5,14-17H2,1H3,(H,25,27). The quantitative estimate of drug-likeness (QED) is 0.557. The van der Waals surface area contributed by atoms with Crippen molar-refractivity contribution in [3.05, 3.63) is 54.1 Å². The van der Waals surface area contributed by atoms with Crippen LogP contribution in [0.4, 0.5) is 11.4 Å². The third kappa shape index (κ3) is 6.30. The molecule has 0 radical (unpaired) electrons. The Hall–Kier alpha value is -2.91. The monoisotopic (exact) mass is 459 g/mol. The fraction of sp³-hybridized carbons (Fsp3) is 0.391. The van der Waals surface area contributed by atoms with Gasteiger partial charge in [0.05, 0.1) is 23.6 Å². The lowest BCUT2D eigenvalue weighted by atomic mass is 10.2. The van der Waals surface area contributed by atoms with E-state index in [0.29, 0.717) is 36.6 Å². The number of nitrogens with zero attached hydrogens (tertiary/aromatic N) is 1. The van der Waals surface area contributed by atoms with E-state index in [0.717, 1.165) is 25.7 Å². The minimum absolute atomic E-state index is 0.0213. The molecular weight excluding hydrogens is 430 g/mol. The first-order valence-electron chi connectivity index (χ1n) is 10.8. The third-order valence-electron chi connectivity index (χ3n) is 5.10. The van der Waals surface area contributed by atoms with Gasteiger partial charge in [-0.15, -0.1) is 0 Å². The zero-order chi connectivity index (χ0) is 23.0. The number of nitrogens with one attached hydrogen (secondary N) is 2. The Balaban J connectivity index is 1.50. The highest BCUT2D eigenvalue weighted by Gasteiger charge is 2.25. The van der Waals surface area contributed by atoms with Crippen molar-refractivity contribution in [1.29, 1.82) is 0 Å². The summed E-state index contributed by atoms with van der Waals surface area (Å²) >= 11 is 0. The molecule has 172 valence electrons. The normalized spacial score (nSPS) is 14.5. The number of esters is 1. The van der Waals surface area contributed by atoms with E-state index in [1.165, 1.54) is 16.4 Å². The number of carbonyl (C=O) groups is 2. The van der Waals surface area contributed by atoms with Gasteiger partial charge in [0.25, 0.3) is 0 Å². The summed E-state index contributed by atoms with van der Waals surface area (Å²) in [6.07, 6.45) is 3.58. The summed E-state index contributed by atoms with van der Waals surface area (Å²) in [6.45, 7) is 3.43. The van der Waals surface area contributed by atoms with Crippen LogP contribution in [-0.2, 0) is 19.6 Å². The summed E-state index contributed by atoms with van der Waals surface area (Å²) < 4.78 is 32.0. The number of rotatable bonds is 9. The van der Waals surface area contributed by atoms with E-state index in [2.05, 4.69) is 10.6 Å². The second kappa shape index (κ2) is 11.1. The lowest BCUT2D eigenvalue weighted by molar-refractivity contribution is -0.114. The maximum Gasteiger partial charge on any atom is 0.338 e. The largest absolute Gasteiger partial charge is 0.462 e. The Bertz CT molecular complexity index is 1010. The van der Waals surface area contributed by atoms with E-state index in [4.69, 9.17) is 4.74 Å². The lowest BCUT2D eigenvalue weighted by Crippen LogP contribution is -2.35. The van der Waals surface area contributed by atoms with Crippen LogP contribution in [0.25, 0.3) is 0 Å². The highest BCUT2D eigenvalue weighted by molar-refractivity contribution is 7.89. The number of hydrogen-bond donors (Lipinski definition) is 2. The molecule has 0 saturated carbocycles. The van der Waals surface area contributed by atoms with Crippen molar-refractivity contribution >= 4 is 33.3 Å². The number of anilines is 2. The van der Waals surface area contributed by atoms with Gasteiger partial charge in [-0.25, -0.2) is 13.2 Å². The molecule has 32 heavy (non-hydrogen) atoms. The summed E-state index contributed by atoms with van der Waals surface area (Å²) in [5.74, 6) is -0.648. The van der Waals surface area contributed by atoms with Crippen molar-refractivity contribution in [2.24, 2.45) is 0 Å². The second-order valence-corrected chi connectivity index (χ2v) is 9.54. The van der Waals surface area contributed by atoms with Crippen molar-refractivity contribution in [3.8, 4) is 0 Å². The molecule has 0 unspecified atom stereocenters. The van der Waals surface area contributed by atoms with Gasteiger partial charge in [-0.3, -0.25) is 4.79 Å². The summed E-state index contributed by atoms with van der Waals surface area (Å²) in [7, 11) is -3.49. The Morgan fingerprint density at radius 1 is 0.938 bits per heavy atom. The zero-order valence-electron chi connectivity index (χ0n) is 18.2. The molecule has 1 fully saturated rings. The van der Waals surface area contributed by atoms with Gasteiger partial charge in [0, 0.05) is 24.5 Å². The number of ether oxygens (including phenoxy) is 1. The minimum Gasteiger partial charge on any atom is -0.462 e. The van der Waals surface area contributed by atoms with Gasteiger partial charge in [0.1, 0.15) is 0 Å². The van der Waals surface area contributed by atoms with Gasteiger partial charge in [0.15, 0.2) is 0 Å². The lowest BCUT2D eigenvalue weighted by Gasteiger charge is -2.25. The van der Waals surface area contributed by atoms with E-state index >= 15 is 0 Å². The van der Waals surface area contributed by atoms with E-state index in [-0.39, 0.29) is 23.3 Å². The van der Waals surface area contributed by atoms with Gasteiger partial charge in [-0.2, -0.15) is 4.31 Å². The molecule has 2 aromatic carbocycles. The number of carbonyl (C=O) groups excluding carboxylic acids is 2. The number of amides is 1. The average molecular weight is 460 g/mol. The highest BCUT2D eigenvalue weighted by Crippen LogP contribution is 2.22. The maximum absolute atomic E-state index is 12.7. The average Bonchev–Trinajstić information content (AvgIpc) is 2.82. The topological polar surface area (TPSA) is 105 Å². The molecular formula is C23H29N3O5S. The molecule has 1 aliphatic rings. The van der Waals surface area contributed by atoms with Gasteiger partial charge < -0.3 is 15.4 Å².